The standard InChI is InChI=1S/C10H13N5O/c1-7-13-9(11)15-10(14-7)12-5-4-8-3-2-6-16-8/h2-3,6H,4-5H2,1H3,(H3,11,12,13,14,15). The molecule has 2 rings (SSSR count). The van der Waals surface area contributed by atoms with Gasteiger partial charge in [-0.05, 0) is 19.1 Å². The summed E-state index contributed by atoms with van der Waals surface area (Å²) in [6, 6.07) is 3.79. The van der Waals surface area contributed by atoms with Gasteiger partial charge in [-0.1, -0.05) is 0 Å². The van der Waals surface area contributed by atoms with E-state index in [1.54, 1.807) is 13.2 Å². The maximum Gasteiger partial charge on any atom is 0.227 e. The zero-order valence-electron chi connectivity index (χ0n) is 8.97. The van der Waals surface area contributed by atoms with Crippen LogP contribution in [-0.4, -0.2) is 21.5 Å². The van der Waals surface area contributed by atoms with Crippen molar-refractivity contribution in [1.82, 2.24) is 15.0 Å². The number of nitrogens with one attached hydrogen (secondary N) is 1. The second kappa shape index (κ2) is 4.61. The highest BCUT2D eigenvalue weighted by atomic mass is 16.3. The predicted molar refractivity (Wildman–Crippen MR) is 59.9 cm³/mol. The molecule has 0 bridgehead atoms. The Morgan fingerprint density at radius 3 is 2.94 bits per heavy atom. The zero-order chi connectivity index (χ0) is 11.4. The summed E-state index contributed by atoms with van der Waals surface area (Å²) >= 11 is 0. The number of furan rings is 1. The van der Waals surface area contributed by atoms with Gasteiger partial charge in [0.2, 0.25) is 11.9 Å². The van der Waals surface area contributed by atoms with Gasteiger partial charge in [0.05, 0.1) is 6.26 Å². The van der Waals surface area contributed by atoms with Gasteiger partial charge in [-0.3, -0.25) is 0 Å². The van der Waals surface area contributed by atoms with Crippen LogP contribution in [-0.2, 0) is 6.42 Å². The van der Waals surface area contributed by atoms with Crippen LogP contribution in [0.15, 0.2) is 22.8 Å². The second-order valence-electron chi connectivity index (χ2n) is 3.32. The predicted octanol–water partition coefficient (Wildman–Crippen LogP) is 1.01. The first-order valence-electron chi connectivity index (χ1n) is 4.98. The molecule has 0 saturated carbocycles. The van der Waals surface area contributed by atoms with Gasteiger partial charge >= 0.3 is 0 Å². The molecule has 0 fully saturated rings. The van der Waals surface area contributed by atoms with Gasteiger partial charge in [-0.15, -0.1) is 0 Å². The van der Waals surface area contributed by atoms with Gasteiger partial charge < -0.3 is 15.5 Å². The lowest BCUT2D eigenvalue weighted by molar-refractivity contribution is 0.512. The average molecular weight is 219 g/mol. The Bertz CT molecular complexity index is 434. The molecule has 2 aromatic rings. The number of nitrogens with zero attached hydrogens (tertiary/aromatic N) is 3. The maximum atomic E-state index is 5.51. The molecule has 0 aromatic carbocycles. The summed E-state index contributed by atoms with van der Waals surface area (Å²) < 4.78 is 5.20. The number of nitrogen functional groups attached to an aromatic ring is 1. The molecule has 0 saturated heterocycles. The summed E-state index contributed by atoms with van der Waals surface area (Å²) in [4.78, 5) is 12.0. The normalized spacial score (nSPS) is 10.3. The van der Waals surface area contributed by atoms with E-state index in [0.717, 1.165) is 12.2 Å². The summed E-state index contributed by atoms with van der Waals surface area (Å²) in [6.45, 7) is 2.46. The van der Waals surface area contributed by atoms with Crippen molar-refractivity contribution in [1.29, 1.82) is 0 Å². The molecule has 6 heteroatoms. The molecular formula is C10H13N5O. The van der Waals surface area contributed by atoms with E-state index < -0.39 is 0 Å². The lowest BCUT2D eigenvalue weighted by Crippen LogP contribution is -2.10. The molecule has 16 heavy (non-hydrogen) atoms. The quantitative estimate of drug-likeness (QED) is 0.797. The van der Waals surface area contributed by atoms with Gasteiger partial charge in [0.1, 0.15) is 11.6 Å². The molecule has 6 nitrogen and oxygen atoms in total. The molecule has 0 radical (unpaired) electrons. The Morgan fingerprint density at radius 1 is 1.38 bits per heavy atom. The van der Waals surface area contributed by atoms with Crippen LogP contribution in [0.5, 0.6) is 0 Å². The van der Waals surface area contributed by atoms with Crippen molar-refractivity contribution in [2.75, 3.05) is 17.6 Å². The average Bonchev–Trinajstić information content (AvgIpc) is 2.69. The van der Waals surface area contributed by atoms with Gasteiger partial charge in [-0.25, -0.2) is 0 Å². The third-order valence-corrected chi connectivity index (χ3v) is 2.00. The molecule has 0 unspecified atom stereocenters. The first-order chi connectivity index (χ1) is 7.74. The van der Waals surface area contributed by atoms with Gasteiger partial charge in [0.15, 0.2) is 0 Å². The number of hydrogen-bond acceptors (Lipinski definition) is 6. The number of anilines is 2. The van der Waals surface area contributed by atoms with E-state index in [0.29, 0.717) is 18.3 Å². The molecule has 0 aliphatic carbocycles. The molecule has 0 aliphatic heterocycles. The van der Waals surface area contributed by atoms with Crippen molar-refractivity contribution < 1.29 is 4.42 Å². The van der Waals surface area contributed by atoms with E-state index in [1.807, 2.05) is 12.1 Å². The van der Waals surface area contributed by atoms with Crippen LogP contribution in [0.2, 0.25) is 0 Å². The first-order valence-corrected chi connectivity index (χ1v) is 4.98. The Hall–Kier alpha value is -2.11. The van der Waals surface area contributed by atoms with E-state index in [9.17, 15) is 0 Å². The fourth-order valence-electron chi connectivity index (χ4n) is 1.33. The lowest BCUT2D eigenvalue weighted by Gasteiger charge is -2.04. The minimum absolute atomic E-state index is 0.230. The van der Waals surface area contributed by atoms with Crippen molar-refractivity contribution in [3.8, 4) is 0 Å². The van der Waals surface area contributed by atoms with Crippen molar-refractivity contribution >= 4 is 11.9 Å². The number of aromatic nitrogens is 3. The first kappa shape index (κ1) is 10.4. The number of hydrogen-bond donors (Lipinski definition) is 2. The van der Waals surface area contributed by atoms with Crippen molar-refractivity contribution in [2.45, 2.75) is 13.3 Å². The number of aryl methyl sites for hydroxylation is 1. The number of rotatable bonds is 4. The van der Waals surface area contributed by atoms with Crippen LogP contribution in [0, 0.1) is 6.92 Å². The van der Waals surface area contributed by atoms with Crippen LogP contribution >= 0.6 is 0 Å². The second-order valence-corrected chi connectivity index (χ2v) is 3.32. The molecule has 84 valence electrons. The molecule has 3 N–H and O–H groups in total. The topological polar surface area (TPSA) is 89.9 Å². The molecule has 0 atom stereocenters. The third kappa shape index (κ3) is 2.69. The fraction of sp³-hybridized carbons (Fsp3) is 0.300. The smallest absolute Gasteiger partial charge is 0.227 e. The Kier molecular flexibility index (Phi) is 3.00. The van der Waals surface area contributed by atoms with Crippen molar-refractivity contribution in [2.24, 2.45) is 0 Å². The highest BCUT2D eigenvalue weighted by Gasteiger charge is 2.01. The summed E-state index contributed by atoms with van der Waals surface area (Å²) in [5, 5.41) is 3.06. The minimum atomic E-state index is 0.230. The fourth-order valence-corrected chi connectivity index (χ4v) is 1.33. The largest absolute Gasteiger partial charge is 0.469 e. The van der Waals surface area contributed by atoms with E-state index in [-0.39, 0.29) is 5.95 Å². The third-order valence-electron chi connectivity index (χ3n) is 2.00. The summed E-state index contributed by atoms with van der Waals surface area (Å²) in [5.74, 6) is 2.25. The maximum absolute atomic E-state index is 5.51. The summed E-state index contributed by atoms with van der Waals surface area (Å²) in [7, 11) is 0. The van der Waals surface area contributed by atoms with Crippen LogP contribution in [0.3, 0.4) is 0 Å². The van der Waals surface area contributed by atoms with Crippen LogP contribution in [0.25, 0.3) is 0 Å². The van der Waals surface area contributed by atoms with Crippen LogP contribution < -0.4 is 11.1 Å². The Balaban J connectivity index is 1.89. The van der Waals surface area contributed by atoms with E-state index >= 15 is 0 Å². The zero-order valence-corrected chi connectivity index (χ0v) is 8.97. The Morgan fingerprint density at radius 2 is 2.25 bits per heavy atom. The minimum Gasteiger partial charge on any atom is -0.469 e. The summed E-state index contributed by atoms with van der Waals surface area (Å²) in [6.07, 6.45) is 2.43. The van der Waals surface area contributed by atoms with Crippen molar-refractivity contribution in [3.63, 3.8) is 0 Å². The van der Waals surface area contributed by atoms with Gasteiger partial charge in [-0.2, -0.15) is 15.0 Å². The molecule has 2 heterocycles. The van der Waals surface area contributed by atoms with E-state index in [2.05, 4.69) is 20.3 Å². The van der Waals surface area contributed by atoms with Gasteiger partial charge in [0, 0.05) is 13.0 Å². The molecule has 2 aromatic heterocycles. The molecule has 0 spiro atoms. The van der Waals surface area contributed by atoms with Crippen molar-refractivity contribution in [3.05, 3.63) is 30.0 Å². The van der Waals surface area contributed by atoms with Crippen LogP contribution in [0.1, 0.15) is 11.6 Å². The van der Waals surface area contributed by atoms with E-state index in [1.165, 1.54) is 0 Å². The highest BCUT2D eigenvalue weighted by molar-refractivity contribution is 5.30. The molecule has 0 aliphatic rings. The van der Waals surface area contributed by atoms with E-state index in [4.69, 9.17) is 10.2 Å². The lowest BCUT2D eigenvalue weighted by atomic mass is 10.3. The summed E-state index contributed by atoms with van der Waals surface area (Å²) in [5.41, 5.74) is 5.51. The Labute approximate surface area is 92.9 Å². The molecule has 0 amide bonds. The van der Waals surface area contributed by atoms with Gasteiger partial charge in [0.25, 0.3) is 0 Å². The number of nitrogens with two attached hydrogens (primary N) is 1. The highest BCUT2D eigenvalue weighted by Crippen LogP contribution is 2.04. The SMILES string of the molecule is Cc1nc(N)nc(NCCc2ccco2)n1. The molecular weight excluding hydrogens is 206 g/mol. The van der Waals surface area contributed by atoms with Crippen LogP contribution in [0.4, 0.5) is 11.9 Å². The monoisotopic (exact) mass is 219 g/mol.